The number of thiazole rings is 1. The standard InChI is InChI=1S/C16H21N3S.2ClH/c1-2-6-15-14(5-1)18-16(20-15)11-19-9-7-13-12(10-19)4-3-8-17-13;;/h1-2,5-6,12-13,17H,3-4,7-11H2;2*1H/t12-,13+;;/m1../s1. The average molecular weight is 360 g/mol. The molecule has 2 aliphatic heterocycles. The molecule has 0 radical (unpaired) electrons. The second-order valence-electron chi connectivity index (χ2n) is 6.06. The first-order chi connectivity index (χ1) is 9.88. The summed E-state index contributed by atoms with van der Waals surface area (Å²) in [6, 6.07) is 9.24. The Morgan fingerprint density at radius 3 is 2.95 bits per heavy atom. The van der Waals surface area contributed by atoms with Crippen molar-refractivity contribution in [2.24, 2.45) is 5.92 Å². The Bertz CT molecular complexity index is 571. The molecule has 0 aliphatic carbocycles. The number of aromatic nitrogens is 1. The quantitative estimate of drug-likeness (QED) is 0.885. The Morgan fingerprint density at radius 2 is 2.09 bits per heavy atom. The van der Waals surface area contributed by atoms with Crippen LogP contribution in [-0.2, 0) is 6.54 Å². The maximum atomic E-state index is 4.77. The zero-order chi connectivity index (χ0) is 13.4. The lowest BCUT2D eigenvalue weighted by molar-refractivity contribution is 0.109. The maximum Gasteiger partial charge on any atom is 0.108 e. The fourth-order valence-electron chi connectivity index (χ4n) is 3.64. The molecule has 1 aromatic heterocycles. The van der Waals surface area contributed by atoms with Crippen molar-refractivity contribution in [1.29, 1.82) is 0 Å². The molecule has 0 unspecified atom stereocenters. The van der Waals surface area contributed by atoms with Crippen molar-refractivity contribution in [1.82, 2.24) is 15.2 Å². The van der Waals surface area contributed by atoms with Gasteiger partial charge in [-0.15, -0.1) is 36.2 Å². The van der Waals surface area contributed by atoms with E-state index in [4.69, 9.17) is 4.98 Å². The van der Waals surface area contributed by atoms with Gasteiger partial charge in [-0.3, -0.25) is 4.90 Å². The van der Waals surface area contributed by atoms with Gasteiger partial charge in [0.15, 0.2) is 0 Å². The van der Waals surface area contributed by atoms with Gasteiger partial charge < -0.3 is 5.32 Å². The predicted molar refractivity (Wildman–Crippen MR) is 98.5 cm³/mol. The third kappa shape index (κ3) is 3.74. The highest BCUT2D eigenvalue weighted by molar-refractivity contribution is 7.18. The molecule has 2 aliphatic rings. The largest absolute Gasteiger partial charge is 0.314 e. The van der Waals surface area contributed by atoms with E-state index in [1.807, 2.05) is 11.3 Å². The van der Waals surface area contributed by atoms with E-state index in [2.05, 4.69) is 34.5 Å². The first-order valence-corrected chi connectivity index (χ1v) is 8.50. The lowest BCUT2D eigenvalue weighted by atomic mass is 9.85. The lowest BCUT2D eigenvalue weighted by Gasteiger charge is -2.41. The Hall–Kier alpha value is -0.390. The molecule has 0 bridgehead atoms. The Balaban J connectivity index is 0.000000882. The van der Waals surface area contributed by atoms with Crippen molar-refractivity contribution >= 4 is 46.4 Å². The fraction of sp³-hybridized carbons (Fsp3) is 0.562. The molecule has 22 heavy (non-hydrogen) atoms. The first-order valence-electron chi connectivity index (χ1n) is 7.69. The summed E-state index contributed by atoms with van der Waals surface area (Å²) in [5, 5.41) is 4.96. The zero-order valence-corrected chi connectivity index (χ0v) is 15.0. The molecule has 3 heterocycles. The smallest absolute Gasteiger partial charge is 0.108 e. The van der Waals surface area contributed by atoms with E-state index in [0.717, 1.165) is 24.0 Å². The highest BCUT2D eigenvalue weighted by atomic mass is 35.5. The molecule has 2 saturated heterocycles. The van der Waals surface area contributed by atoms with Crippen LogP contribution in [0.1, 0.15) is 24.3 Å². The van der Waals surface area contributed by atoms with Gasteiger partial charge in [0.2, 0.25) is 0 Å². The number of rotatable bonds is 2. The highest BCUT2D eigenvalue weighted by Crippen LogP contribution is 2.28. The molecule has 2 aromatic rings. The fourth-order valence-corrected chi connectivity index (χ4v) is 4.65. The summed E-state index contributed by atoms with van der Waals surface area (Å²) in [5.41, 5.74) is 1.15. The highest BCUT2D eigenvalue weighted by Gasteiger charge is 2.31. The van der Waals surface area contributed by atoms with E-state index in [0.29, 0.717) is 0 Å². The zero-order valence-electron chi connectivity index (χ0n) is 12.5. The number of likely N-dealkylation sites (tertiary alicyclic amines) is 1. The third-order valence-corrected chi connectivity index (χ3v) is 5.69. The summed E-state index contributed by atoms with van der Waals surface area (Å²) < 4.78 is 1.32. The van der Waals surface area contributed by atoms with E-state index >= 15 is 0 Å². The van der Waals surface area contributed by atoms with E-state index in [-0.39, 0.29) is 24.8 Å². The second kappa shape index (κ2) is 7.93. The van der Waals surface area contributed by atoms with Gasteiger partial charge >= 0.3 is 0 Å². The van der Waals surface area contributed by atoms with Crippen molar-refractivity contribution in [2.45, 2.75) is 31.8 Å². The van der Waals surface area contributed by atoms with Gasteiger partial charge in [0.1, 0.15) is 5.01 Å². The van der Waals surface area contributed by atoms with Crippen LogP contribution in [0, 0.1) is 5.92 Å². The molecule has 4 rings (SSSR count). The number of halogens is 2. The summed E-state index contributed by atoms with van der Waals surface area (Å²) >= 11 is 1.85. The van der Waals surface area contributed by atoms with Crippen LogP contribution in [0.3, 0.4) is 0 Å². The Kier molecular flexibility index (Phi) is 6.47. The van der Waals surface area contributed by atoms with E-state index in [1.165, 1.54) is 48.6 Å². The average Bonchev–Trinajstić information content (AvgIpc) is 2.89. The van der Waals surface area contributed by atoms with Crippen molar-refractivity contribution in [3.63, 3.8) is 0 Å². The van der Waals surface area contributed by atoms with E-state index in [9.17, 15) is 0 Å². The number of hydrogen-bond acceptors (Lipinski definition) is 4. The van der Waals surface area contributed by atoms with Gasteiger partial charge in [-0.2, -0.15) is 0 Å². The van der Waals surface area contributed by atoms with Gasteiger partial charge in [0, 0.05) is 19.1 Å². The summed E-state index contributed by atoms with van der Waals surface area (Å²) in [6.45, 7) is 4.71. The first kappa shape index (κ1) is 18.0. The van der Waals surface area contributed by atoms with Gasteiger partial charge in [-0.25, -0.2) is 4.98 Å². The van der Waals surface area contributed by atoms with Crippen molar-refractivity contribution in [3.8, 4) is 0 Å². The van der Waals surface area contributed by atoms with Crippen LogP contribution in [0.4, 0.5) is 0 Å². The van der Waals surface area contributed by atoms with Gasteiger partial charge in [-0.05, 0) is 43.9 Å². The van der Waals surface area contributed by atoms with Gasteiger partial charge in [0.05, 0.1) is 16.8 Å². The number of fused-ring (bicyclic) bond motifs is 2. The molecule has 0 amide bonds. The predicted octanol–water partition coefficient (Wildman–Crippen LogP) is 3.71. The van der Waals surface area contributed by atoms with E-state index < -0.39 is 0 Å². The van der Waals surface area contributed by atoms with Crippen LogP contribution in [0.15, 0.2) is 24.3 Å². The molecular weight excluding hydrogens is 337 g/mol. The second-order valence-corrected chi connectivity index (χ2v) is 7.18. The van der Waals surface area contributed by atoms with Crippen molar-refractivity contribution in [2.75, 3.05) is 19.6 Å². The molecule has 0 saturated carbocycles. The minimum absolute atomic E-state index is 0. The van der Waals surface area contributed by atoms with Gasteiger partial charge in [0.25, 0.3) is 0 Å². The molecule has 1 aromatic carbocycles. The summed E-state index contributed by atoms with van der Waals surface area (Å²) in [4.78, 5) is 7.38. The summed E-state index contributed by atoms with van der Waals surface area (Å²) in [6.07, 6.45) is 4.04. The minimum atomic E-state index is 0. The van der Waals surface area contributed by atoms with Crippen molar-refractivity contribution < 1.29 is 0 Å². The summed E-state index contributed by atoms with van der Waals surface area (Å²) in [7, 11) is 0. The van der Waals surface area contributed by atoms with Crippen LogP contribution < -0.4 is 5.32 Å². The monoisotopic (exact) mass is 359 g/mol. The molecule has 6 heteroatoms. The van der Waals surface area contributed by atoms with E-state index in [1.54, 1.807) is 0 Å². The van der Waals surface area contributed by atoms with Crippen LogP contribution in [0.25, 0.3) is 10.2 Å². The minimum Gasteiger partial charge on any atom is -0.314 e. The lowest BCUT2D eigenvalue weighted by Crippen LogP contribution is -2.51. The molecule has 1 N–H and O–H groups in total. The maximum absolute atomic E-state index is 4.77. The van der Waals surface area contributed by atoms with Crippen LogP contribution in [0.5, 0.6) is 0 Å². The topological polar surface area (TPSA) is 28.2 Å². The molecule has 3 nitrogen and oxygen atoms in total. The number of nitrogens with zero attached hydrogens (tertiary/aromatic N) is 2. The summed E-state index contributed by atoms with van der Waals surface area (Å²) in [5.74, 6) is 0.854. The number of hydrogen-bond donors (Lipinski definition) is 1. The number of piperidine rings is 2. The van der Waals surface area contributed by atoms with Crippen molar-refractivity contribution in [3.05, 3.63) is 29.3 Å². The SMILES string of the molecule is Cl.Cl.c1ccc2sc(CN3CC[C@@H]4NCCC[C@@H]4C3)nc2c1. The molecule has 2 atom stereocenters. The molecule has 2 fully saturated rings. The molecular formula is C16H23Cl2N3S. The van der Waals surface area contributed by atoms with Gasteiger partial charge in [-0.1, -0.05) is 12.1 Å². The third-order valence-electron chi connectivity index (χ3n) is 4.67. The normalized spacial score (nSPS) is 25.1. The van der Waals surface area contributed by atoms with Crippen LogP contribution in [0.2, 0.25) is 0 Å². The Morgan fingerprint density at radius 1 is 1.23 bits per heavy atom. The van der Waals surface area contributed by atoms with Crippen LogP contribution >= 0.6 is 36.2 Å². The molecule has 0 spiro atoms. The number of nitrogens with one attached hydrogen (secondary N) is 1. The number of para-hydroxylation sites is 1. The van der Waals surface area contributed by atoms with Crippen LogP contribution in [-0.4, -0.2) is 35.6 Å². The molecule has 122 valence electrons. The Labute approximate surface area is 148 Å². The number of benzene rings is 1.